The third-order valence-corrected chi connectivity index (χ3v) is 20.1. The van der Waals surface area contributed by atoms with Crippen molar-refractivity contribution in [2.75, 3.05) is 39.6 Å². The van der Waals surface area contributed by atoms with Crippen molar-refractivity contribution in [1.82, 2.24) is 0 Å². The van der Waals surface area contributed by atoms with Gasteiger partial charge in [-0.2, -0.15) is 0 Å². The predicted molar refractivity (Wildman–Crippen MR) is 391 cm³/mol. The van der Waals surface area contributed by atoms with E-state index >= 15 is 0 Å². The SMILES string of the molecule is CCCCCCCCCCCC(=O)OC[C@H](COP(=O)(O)OC[C@H](O)COP(=O)(O)OC[C@@H](COC(=O)CCCCCCCCCCCCCCC(C)C)OC(=O)CCCCCCCCCCCCCCCCCCCCC(C)CC)OC(=O)CCCCCCCCCC(C)C. The highest BCUT2D eigenvalue weighted by Gasteiger charge is 2.30. The van der Waals surface area contributed by atoms with Gasteiger partial charge in [0.15, 0.2) is 12.2 Å². The molecule has 0 saturated carbocycles. The second-order valence-electron chi connectivity index (χ2n) is 28.9. The summed E-state index contributed by atoms with van der Waals surface area (Å²) in [5.41, 5.74) is 0. The van der Waals surface area contributed by atoms with Crippen molar-refractivity contribution < 1.29 is 80.2 Å². The summed E-state index contributed by atoms with van der Waals surface area (Å²) >= 11 is 0. The lowest BCUT2D eigenvalue weighted by atomic mass is 9.99. The predicted octanol–water partition coefficient (Wildman–Crippen LogP) is 22.6. The molecular formula is C77H150O17P2. The number of carbonyl (C=O) groups excluding carboxylic acids is 4. The molecule has 0 aliphatic heterocycles. The van der Waals surface area contributed by atoms with Gasteiger partial charge in [0.1, 0.15) is 19.3 Å². The van der Waals surface area contributed by atoms with E-state index in [9.17, 15) is 43.2 Å². The molecule has 0 heterocycles. The highest BCUT2D eigenvalue weighted by atomic mass is 31.2. The Morgan fingerprint density at radius 3 is 0.792 bits per heavy atom. The normalized spacial score (nSPS) is 14.3. The fourth-order valence-corrected chi connectivity index (χ4v) is 13.3. The van der Waals surface area contributed by atoms with E-state index in [1.165, 1.54) is 205 Å². The second-order valence-corrected chi connectivity index (χ2v) is 31.8. The lowest BCUT2D eigenvalue weighted by Gasteiger charge is -2.21. The van der Waals surface area contributed by atoms with Gasteiger partial charge in [-0.05, 0) is 43.4 Å². The Hall–Kier alpha value is -1.94. The van der Waals surface area contributed by atoms with E-state index in [2.05, 4.69) is 48.5 Å². The van der Waals surface area contributed by atoms with Gasteiger partial charge in [-0.3, -0.25) is 37.3 Å². The average Bonchev–Trinajstić information content (AvgIpc) is 1.12. The number of esters is 4. The first kappa shape index (κ1) is 94.1. The molecule has 0 aromatic rings. The Morgan fingerprint density at radius 2 is 0.531 bits per heavy atom. The molecule has 0 fully saturated rings. The molecule has 0 aliphatic carbocycles. The molecule has 0 aromatic carbocycles. The largest absolute Gasteiger partial charge is 0.472 e. The van der Waals surface area contributed by atoms with Gasteiger partial charge in [0.05, 0.1) is 26.4 Å². The number of aliphatic hydroxyl groups excluding tert-OH is 1. The third-order valence-electron chi connectivity index (χ3n) is 18.2. The fraction of sp³-hybridized carbons (Fsp3) is 0.948. The Balaban J connectivity index is 5.18. The molecular weight excluding hydrogens is 1260 g/mol. The van der Waals surface area contributed by atoms with Crippen molar-refractivity contribution in [2.24, 2.45) is 17.8 Å². The molecule has 0 aromatic heterocycles. The highest BCUT2D eigenvalue weighted by Crippen LogP contribution is 2.45. The van der Waals surface area contributed by atoms with Gasteiger partial charge in [-0.15, -0.1) is 0 Å². The van der Waals surface area contributed by atoms with Gasteiger partial charge in [-0.25, -0.2) is 9.13 Å². The van der Waals surface area contributed by atoms with Crippen LogP contribution in [0.25, 0.3) is 0 Å². The van der Waals surface area contributed by atoms with E-state index in [1.54, 1.807) is 0 Å². The number of phosphoric ester groups is 2. The third kappa shape index (κ3) is 69.2. The van der Waals surface area contributed by atoms with Crippen LogP contribution < -0.4 is 0 Å². The Morgan fingerprint density at radius 1 is 0.302 bits per heavy atom. The lowest BCUT2D eigenvalue weighted by molar-refractivity contribution is -0.161. The number of phosphoric acid groups is 2. The average molecular weight is 1410 g/mol. The van der Waals surface area contributed by atoms with Crippen molar-refractivity contribution in [1.29, 1.82) is 0 Å². The molecule has 0 bridgehead atoms. The number of ether oxygens (including phenoxy) is 4. The van der Waals surface area contributed by atoms with E-state index in [0.717, 1.165) is 102 Å². The highest BCUT2D eigenvalue weighted by molar-refractivity contribution is 7.47. The first-order valence-electron chi connectivity index (χ1n) is 39.9. The summed E-state index contributed by atoms with van der Waals surface area (Å²) in [7, 11) is -9.91. The molecule has 3 unspecified atom stereocenters. The van der Waals surface area contributed by atoms with Crippen LogP contribution in [0.5, 0.6) is 0 Å². The number of carbonyl (C=O) groups is 4. The maximum atomic E-state index is 13.1. The van der Waals surface area contributed by atoms with Crippen molar-refractivity contribution in [3.63, 3.8) is 0 Å². The number of hydrogen-bond donors (Lipinski definition) is 3. The lowest BCUT2D eigenvalue weighted by Crippen LogP contribution is -2.30. The summed E-state index contributed by atoms with van der Waals surface area (Å²) in [5, 5.41) is 10.6. The van der Waals surface area contributed by atoms with Gasteiger partial charge in [-0.1, -0.05) is 344 Å². The minimum Gasteiger partial charge on any atom is -0.462 e. The van der Waals surface area contributed by atoms with Crippen LogP contribution in [0.4, 0.5) is 0 Å². The monoisotopic (exact) mass is 1410 g/mol. The summed E-state index contributed by atoms with van der Waals surface area (Å²) in [4.78, 5) is 72.7. The van der Waals surface area contributed by atoms with Crippen molar-refractivity contribution >= 4 is 39.5 Å². The van der Waals surface area contributed by atoms with Crippen LogP contribution in [0.2, 0.25) is 0 Å². The maximum Gasteiger partial charge on any atom is 0.472 e. The zero-order valence-corrected chi connectivity index (χ0v) is 64.6. The minimum absolute atomic E-state index is 0.103. The second kappa shape index (κ2) is 67.5. The molecule has 0 spiro atoms. The van der Waals surface area contributed by atoms with Gasteiger partial charge in [0.2, 0.25) is 0 Å². The Kier molecular flexibility index (Phi) is 66.2. The van der Waals surface area contributed by atoms with E-state index < -0.39 is 97.5 Å². The minimum atomic E-state index is -4.96. The molecule has 0 amide bonds. The van der Waals surface area contributed by atoms with Gasteiger partial charge < -0.3 is 33.8 Å². The van der Waals surface area contributed by atoms with Crippen LogP contribution in [-0.4, -0.2) is 96.7 Å². The number of aliphatic hydroxyl groups is 1. The zero-order chi connectivity index (χ0) is 70.9. The van der Waals surface area contributed by atoms with Crippen molar-refractivity contribution in [2.45, 2.75) is 414 Å². The van der Waals surface area contributed by atoms with Crippen LogP contribution in [0, 0.1) is 17.8 Å². The maximum absolute atomic E-state index is 13.1. The fourth-order valence-electron chi connectivity index (χ4n) is 11.7. The van der Waals surface area contributed by atoms with Crippen LogP contribution >= 0.6 is 15.6 Å². The molecule has 6 atom stereocenters. The van der Waals surface area contributed by atoms with E-state index in [0.29, 0.717) is 31.6 Å². The standard InChI is InChI=1S/C77H150O17P2/c1-8-10-11-12-13-28-37-44-51-58-74(79)87-65-73(94-77(82)61-54-47-40-33-35-42-49-56-69(5)6)67-92-96(85,86)90-63-71(78)62-89-95(83,84)91-66-72(64-88-75(80)59-52-45-38-31-26-23-22-24-29-34-41-48-55-68(3)4)93-76(81)60-53-46-39-32-27-21-19-17-15-14-16-18-20-25-30-36-43-50-57-70(7)9-2/h68-73,78H,8-67H2,1-7H3,(H,83,84)(H,85,86)/t70?,71-,72-,73-/m1/s1. The van der Waals surface area contributed by atoms with Crippen molar-refractivity contribution in [3.8, 4) is 0 Å². The molecule has 0 rings (SSSR count). The summed E-state index contributed by atoms with van der Waals surface area (Å²) in [6, 6.07) is 0. The first-order chi connectivity index (χ1) is 46.3. The molecule has 19 heteroatoms. The van der Waals surface area contributed by atoms with Crippen LogP contribution in [0.3, 0.4) is 0 Å². The molecule has 0 aliphatic rings. The Labute approximate surface area is 588 Å². The van der Waals surface area contributed by atoms with Gasteiger partial charge >= 0.3 is 39.5 Å². The molecule has 17 nitrogen and oxygen atoms in total. The van der Waals surface area contributed by atoms with E-state index in [4.69, 9.17) is 37.0 Å². The molecule has 96 heavy (non-hydrogen) atoms. The van der Waals surface area contributed by atoms with E-state index in [-0.39, 0.29) is 25.7 Å². The van der Waals surface area contributed by atoms with Gasteiger partial charge in [0, 0.05) is 25.7 Å². The summed E-state index contributed by atoms with van der Waals surface area (Å²) in [6.07, 6.45) is 54.3. The molecule has 0 radical (unpaired) electrons. The summed E-state index contributed by atoms with van der Waals surface area (Å²) in [5.74, 6) is 0.228. The molecule has 570 valence electrons. The van der Waals surface area contributed by atoms with E-state index in [1.807, 2.05) is 0 Å². The smallest absolute Gasteiger partial charge is 0.462 e. The summed E-state index contributed by atoms with van der Waals surface area (Å²) < 4.78 is 68.4. The zero-order valence-electron chi connectivity index (χ0n) is 62.8. The van der Waals surface area contributed by atoms with Crippen LogP contribution in [0.1, 0.15) is 395 Å². The number of rotatable bonds is 75. The molecule has 3 N–H and O–H groups in total. The number of unbranched alkanes of at least 4 members (excludes halogenated alkanes) is 42. The van der Waals surface area contributed by atoms with Gasteiger partial charge in [0.25, 0.3) is 0 Å². The van der Waals surface area contributed by atoms with Crippen LogP contribution in [0.15, 0.2) is 0 Å². The quantitative estimate of drug-likeness (QED) is 0.0222. The topological polar surface area (TPSA) is 237 Å². The first-order valence-corrected chi connectivity index (χ1v) is 42.9. The molecule has 0 saturated heterocycles. The Bertz CT molecular complexity index is 1870. The summed E-state index contributed by atoms with van der Waals surface area (Å²) in [6.45, 7) is 11.9. The van der Waals surface area contributed by atoms with Crippen LogP contribution in [-0.2, 0) is 65.4 Å². The van der Waals surface area contributed by atoms with Crippen molar-refractivity contribution in [3.05, 3.63) is 0 Å². The number of hydrogen-bond acceptors (Lipinski definition) is 15.